The van der Waals surface area contributed by atoms with Crippen molar-refractivity contribution in [2.75, 3.05) is 26.2 Å². The van der Waals surface area contributed by atoms with Crippen LogP contribution in [0.5, 0.6) is 0 Å². The molecule has 0 atom stereocenters. The Morgan fingerprint density at radius 2 is 1.36 bits per heavy atom. The maximum atomic E-state index is 12.6. The van der Waals surface area contributed by atoms with E-state index in [-0.39, 0.29) is 23.8 Å². The molecular formula is C22H24N2O4. The number of carboxylic acids is 1. The summed E-state index contributed by atoms with van der Waals surface area (Å²) in [6.07, 6.45) is 0.417. The average molecular weight is 380 g/mol. The molecule has 1 aliphatic heterocycles. The van der Waals surface area contributed by atoms with Gasteiger partial charge in [0.15, 0.2) is 0 Å². The van der Waals surface area contributed by atoms with Crippen LogP contribution in [-0.2, 0) is 22.4 Å². The molecule has 2 aromatic carbocycles. The Kier molecular flexibility index (Phi) is 6.09. The van der Waals surface area contributed by atoms with Crippen molar-refractivity contribution in [3.8, 4) is 0 Å². The van der Waals surface area contributed by atoms with Gasteiger partial charge in [0.25, 0.3) is 0 Å². The van der Waals surface area contributed by atoms with Crippen molar-refractivity contribution in [3.63, 3.8) is 0 Å². The van der Waals surface area contributed by atoms with E-state index in [0.717, 1.165) is 11.1 Å². The smallest absolute Gasteiger partial charge is 0.335 e. The van der Waals surface area contributed by atoms with Crippen LogP contribution in [0, 0.1) is 6.92 Å². The maximum Gasteiger partial charge on any atom is 0.335 e. The Morgan fingerprint density at radius 3 is 1.93 bits per heavy atom. The summed E-state index contributed by atoms with van der Waals surface area (Å²) >= 11 is 0. The molecule has 0 unspecified atom stereocenters. The lowest BCUT2D eigenvalue weighted by atomic mass is 10.0. The Morgan fingerprint density at radius 1 is 0.821 bits per heavy atom. The summed E-state index contributed by atoms with van der Waals surface area (Å²) in [5.74, 6) is -1.08. The van der Waals surface area contributed by atoms with Gasteiger partial charge in [-0.3, -0.25) is 9.59 Å². The van der Waals surface area contributed by atoms with E-state index in [1.807, 2.05) is 31.2 Å². The van der Waals surface area contributed by atoms with Gasteiger partial charge in [-0.05, 0) is 24.1 Å². The predicted octanol–water partition coefficient (Wildman–Crippen LogP) is 2.15. The molecule has 1 heterocycles. The van der Waals surface area contributed by atoms with Gasteiger partial charge < -0.3 is 14.9 Å². The van der Waals surface area contributed by atoms with Crippen LogP contribution in [0.25, 0.3) is 0 Å². The Bertz CT molecular complexity index is 868. The molecular weight excluding hydrogens is 356 g/mol. The molecule has 0 bridgehead atoms. The molecule has 146 valence electrons. The number of carbonyl (C=O) groups excluding carboxylic acids is 2. The Labute approximate surface area is 164 Å². The number of aryl methyl sites for hydroxylation is 1. The molecule has 6 heteroatoms. The summed E-state index contributed by atoms with van der Waals surface area (Å²) in [6, 6.07) is 14.5. The summed E-state index contributed by atoms with van der Waals surface area (Å²) in [7, 11) is 0. The SMILES string of the molecule is Cc1ccc(CC(=O)N2CCN(C(=O)Cc3ccccc3C(=O)O)CC2)cc1. The summed E-state index contributed by atoms with van der Waals surface area (Å²) in [5, 5.41) is 9.25. The highest BCUT2D eigenvalue weighted by molar-refractivity contribution is 5.91. The lowest BCUT2D eigenvalue weighted by Crippen LogP contribution is -2.51. The standard InChI is InChI=1S/C22H24N2O4/c1-16-6-8-17(9-7-16)14-20(25)23-10-12-24(13-11-23)21(26)15-18-4-2-3-5-19(18)22(27)28/h2-9H,10-15H2,1H3,(H,27,28). The summed E-state index contributed by atoms with van der Waals surface area (Å²) in [6.45, 7) is 3.94. The van der Waals surface area contributed by atoms with E-state index in [2.05, 4.69) is 0 Å². The van der Waals surface area contributed by atoms with Gasteiger partial charge in [-0.25, -0.2) is 4.79 Å². The van der Waals surface area contributed by atoms with Crippen LogP contribution < -0.4 is 0 Å². The Balaban J connectivity index is 1.53. The first-order valence-corrected chi connectivity index (χ1v) is 9.36. The van der Waals surface area contributed by atoms with E-state index >= 15 is 0 Å². The van der Waals surface area contributed by atoms with Crippen molar-refractivity contribution in [3.05, 3.63) is 70.8 Å². The highest BCUT2D eigenvalue weighted by Gasteiger charge is 2.25. The molecule has 28 heavy (non-hydrogen) atoms. The van der Waals surface area contributed by atoms with Crippen molar-refractivity contribution >= 4 is 17.8 Å². The van der Waals surface area contributed by atoms with Gasteiger partial charge in [0.1, 0.15) is 0 Å². The molecule has 6 nitrogen and oxygen atoms in total. The minimum Gasteiger partial charge on any atom is -0.478 e. The third-order valence-electron chi connectivity index (χ3n) is 5.05. The summed E-state index contributed by atoms with van der Waals surface area (Å²) < 4.78 is 0. The molecule has 1 saturated heterocycles. The van der Waals surface area contributed by atoms with Crippen LogP contribution >= 0.6 is 0 Å². The van der Waals surface area contributed by atoms with E-state index in [4.69, 9.17) is 0 Å². The molecule has 1 N–H and O–H groups in total. The normalized spacial score (nSPS) is 14.0. The largest absolute Gasteiger partial charge is 0.478 e. The van der Waals surface area contributed by atoms with E-state index in [1.165, 1.54) is 6.07 Å². The monoisotopic (exact) mass is 380 g/mol. The van der Waals surface area contributed by atoms with Gasteiger partial charge in [-0.15, -0.1) is 0 Å². The number of carbonyl (C=O) groups is 3. The van der Waals surface area contributed by atoms with Crippen LogP contribution in [-0.4, -0.2) is 58.9 Å². The van der Waals surface area contributed by atoms with E-state index in [0.29, 0.717) is 38.2 Å². The number of hydrogen-bond acceptors (Lipinski definition) is 3. The third kappa shape index (κ3) is 4.76. The first kappa shape index (κ1) is 19.6. The predicted molar refractivity (Wildman–Crippen MR) is 105 cm³/mol. The number of carboxylic acid groups (broad SMARTS) is 1. The maximum absolute atomic E-state index is 12.6. The minimum atomic E-state index is -1.03. The second-order valence-electron chi connectivity index (χ2n) is 7.06. The lowest BCUT2D eigenvalue weighted by Gasteiger charge is -2.35. The van der Waals surface area contributed by atoms with E-state index in [1.54, 1.807) is 28.0 Å². The molecule has 0 spiro atoms. The second-order valence-corrected chi connectivity index (χ2v) is 7.06. The molecule has 1 fully saturated rings. The van der Waals surface area contributed by atoms with Crippen LogP contribution in [0.4, 0.5) is 0 Å². The van der Waals surface area contributed by atoms with Gasteiger partial charge in [-0.1, -0.05) is 48.0 Å². The molecule has 2 aromatic rings. The van der Waals surface area contributed by atoms with Crippen LogP contribution in [0.15, 0.2) is 48.5 Å². The fourth-order valence-corrected chi connectivity index (χ4v) is 3.36. The first-order chi connectivity index (χ1) is 13.4. The molecule has 1 aliphatic rings. The van der Waals surface area contributed by atoms with Gasteiger partial charge in [0.05, 0.1) is 18.4 Å². The average Bonchev–Trinajstić information content (AvgIpc) is 2.70. The summed E-state index contributed by atoms with van der Waals surface area (Å²) in [5.41, 5.74) is 2.81. The van der Waals surface area contributed by atoms with Crippen LogP contribution in [0.3, 0.4) is 0 Å². The number of piperazine rings is 1. The fourth-order valence-electron chi connectivity index (χ4n) is 3.36. The van der Waals surface area contributed by atoms with Gasteiger partial charge in [0.2, 0.25) is 11.8 Å². The zero-order chi connectivity index (χ0) is 20.1. The van der Waals surface area contributed by atoms with Crippen molar-refractivity contribution in [1.82, 2.24) is 9.80 Å². The van der Waals surface area contributed by atoms with E-state index in [9.17, 15) is 19.5 Å². The fraction of sp³-hybridized carbons (Fsp3) is 0.318. The lowest BCUT2D eigenvalue weighted by molar-refractivity contribution is -0.138. The van der Waals surface area contributed by atoms with Gasteiger partial charge >= 0.3 is 5.97 Å². The highest BCUT2D eigenvalue weighted by Crippen LogP contribution is 2.13. The number of hydrogen-bond donors (Lipinski definition) is 1. The number of rotatable bonds is 5. The molecule has 0 saturated carbocycles. The molecule has 0 aliphatic carbocycles. The number of nitrogens with zero attached hydrogens (tertiary/aromatic N) is 2. The van der Waals surface area contributed by atoms with Crippen molar-refractivity contribution in [2.45, 2.75) is 19.8 Å². The molecule has 3 rings (SSSR count). The van der Waals surface area contributed by atoms with Gasteiger partial charge in [0, 0.05) is 26.2 Å². The number of aromatic carboxylic acids is 1. The van der Waals surface area contributed by atoms with Gasteiger partial charge in [-0.2, -0.15) is 0 Å². The van der Waals surface area contributed by atoms with Crippen molar-refractivity contribution in [1.29, 1.82) is 0 Å². The van der Waals surface area contributed by atoms with Crippen molar-refractivity contribution in [2.24, 2.45) is 0 Å². The summed E-state index contributed by atoms with van der Waals surface area (Å²) in [4.78, 5) is 39.9. The second kappa shape index (κ2) is 8.69. The van der Waals surface area contributed by atoms with Crippen molar-refractivity contribution < 1.29 is 19.5 Å². The first-order valence-electron chi connectivity index (χ1n) is 9.36. The zero-order valence-corrected chi connectivity index (χ0v) is 15.9. The Hall–Kier alpha value is -3.15. The van der Waals surface area contributed by atoms with E-state index < -0.39 is 5.97 Å². The minimum absolute atomic E-state index is 0.0553. The topological polar surface area (TPSA) is 77.9 Å². The molecule has 0 radical (unpaired) electrons. The zero-order valence-electron chi connectivity index (χ0n) is 15.9. The third-order valence-corrected chi connectivity index (χ3v) is 5.05. The molecule has 0 aromatic heterocycles. The van der Waals surface area contributed by atoms with Crippen LogP contribution in [0.1, 0.15) is 27.0 Å². The molecule has 2 amide bonds. The number of amides is 2. The highest BCUT2D eigenvalue weighted by atomic mass is 16.4. The number of benzene rings is 2. The van der Waals surface area contributed by atoms with Crippen LogP contribution in [0.2, 0.25) is 0 Å². The quantitative estimate of drug-likeness (QED) is 0.862.